The first kappa shape index (κ1) is 10.7. The van der Waals surface area contributed by atoms with Gasteiger partial charge < -0.3 is 5.73 Å². The van der Waals surface area contributed by atoms with Gasteiger partial charge >= 0.3 is 0 Å². The number of nitrogens with zero attached hydrogens (tertiary/aromatic N) is 3. The summed E-state index contributed by atoms with van der Waals surface area (Å²) in [6.45, 7) is 1.93. The molecule has 0 amide bonds. The predicted octanol–water partition coefficient (Wildman–Crippen LogP) is 1.43. The van der Waals surface area contributed by atoms with Gasteiger partial charge in [0.15, 0.2) is 5.82 Å². The van der Waals surface area contributed by atoms with Gasteiger partial charge in [-0.15, -0.1) is 5.10 Å². The molecule has 82 valence electrons. The molecule has 0 spiro atoms. The Morgan fingerprint density at radius 2 is 2.00 bits per heavy atom. The van der Waals surface area contributed by atoms with Crippen molar-refractivity contribution in [2.24, 2.45) is 5.73 Å². The fourth-order valence-electron chi connectivity index (χ4n) is 1.46. The van der Waals surface area contributed by atoms with Gasteiger partial charge in [0, 0.05) is 18.0 Å². The molecule has 0 saturated heterocycles. The number of hydrogen-bond acceptors (Lipinski definition) is 4. The number of hydrogen-bond donors (Lipinski definition) is 1. The normalized spacial score (nSPS) is 12.4. The minimum absolute atomic E-state index is 0.0489. The lowest BCUT2D eigenvalue weighted by Crippen LogP contribution is -2.19. The fourth-order valence-corrected chi connectivity index (χ4v) is 1.46. The first-order valence-corrected chi connectivity index (χ1v) is 5.25. The molecule has 0 aliphatic heterocycles. The Kier molecular flexibility index (Phi) is 3.22. The summed E-state index contributed by atoms with van der Waals surface area (Å²) in [4.78, 5) is 4.43. The van der Waals surface area contributed by atoms with Crippen molar-refractivity contribution in [3.05, 3.63) is 42.4 Å². The van der Waals surface area contributed by atoms with Gasteiger partial charge in [-0.05, 0) is 6.92 Å². The molecule has 0 bridgehead atoms. The lowest BCUT2D eigenvalue weighted by molar-refractivity contribution is 0.686. The van der Waals surface area contributed by atoms with Crippen LogP contribution in [0.1, 0.15) is 12.7 Å². The van der Waals surface area contributed by atoms with Gasteiger partial charge in [0.1, 0.15) is 0 Å². The molecule has 1 heterocycles. The van der Waals surface area contributed by atoms with Crippen molar-refractivity contribution >= 4 is 0 Å². The molecule has 1 aromatic carbocycles. The number of nitrogens with two attached hydrogens (primary N) is 1. The van der Waals surface area contributed by atoms with E-state index in [-0.39, 0.29) is 6.04 Å². The van der Waals surface area contributed by atoms with Crippen LogP contribution in [0.15, 0.2) is 36.5 Å². The fraction of sp³-hybridized carbons (Fsp3) is 0.250. The van der Waals surface area contributed by atoms with E-state index in [1.54, 1.807) is 6.20 Å². The Morgan fingerprint density at radius 1 is 1.25 bits per heavy atom. The lowest BCUT2D eigenvalue weighted by Gasteiger charge is -2.04. The van der Waals surface area contributed by atoms with Gasteiger partial charge in [-0.25, -0.2) is 4.98 Å². The van der Waals surface area contributed by atoms with Crippen molar-refractivity contribution in [2.75, 3.05) is 0 Å². The second-order valence-electron chi connectivity index (χ2n) is 3.81. The maximum atomic E-state index is 5.71. The minimum atomic E-state index is 0.0489. The summed E-state index contributed by atoms with van der Waals surface area (Å²) in [6.07, 6.45) is 2.31. The summed E-state index contributed by atoms with van der Waals surface area (Å²) in [5.74, 6) is 0.691. The molecule has 0 aliphatic rings. The summed E-state index contributed by atoms with van der Waals surface area (Å²) in [5, 5.41) is 7.91. The van der Waals surface area contributed by atoms with Crippen molar-refractivity contribution in [1.82, 2.24) is 15.2 Å². The molecule has 2 aromatic rings. The molecule has 16 heavy (non-hydrogen) atoms. The largest absolute Gasteiger partial charge is 0.328 e. The van der Waals surface area contributed by atoms with E-state index < -0.39 is 0 Å². The van der Waals surface area contributed by atoms with E-state index in [1.807, 2.05) is 37.3 Å². The number of aromatic nitrogens is 3. The average molecular weight is 214 g/mol. The first-order valence-electron chi connectivity index (χ1n) is 5.25. The highest BCUT2D eigenvalue weighted by atomic mass is 15.1. The highest BCUT2D eigenvalue weighted by Crippen LogP contribution is 2.14. The SMILES string of the molecule is CC(N)Cc1nncc(-c2ccccc2)n1. The summed E-state index contributed by atoms with van der Waals surface area (Å²) in [6, 6.07) is 9.97. The summed E-state index contributed by atoms with van der Waals surface area (Å²) in [7, 11) is 0. The van der Waals surface area contributed by atoms with Crippen LogP contribution in [-0.2, 0) is 6.42 Å². The molecule has 0 radical (unpaired) electrons. The van der Waals surface area contributed by atoms with Crippen LogP contribution < -0.4 is 5.73 Å². The van der Waals surface area contributed by atoms with Crippen molar-refractivity contribution in [3.8, 4) is 11.3 Å². The molecular formula is C12H14N4. The third-order valence-corrected chi connectivity index (χ3v) is 2.18. The highest BCUT2D eigenvalue weighted by Gasteiger charge is 2.04. The zero-order chi connectivity index (χ0) is 11.4. The second kappa shape index (κ2) is 4.81. The summed E-state index contributed by atoms with van der Waals surface area (Å²) < 4.78 is 0. The van der Waals surface area contributed by atoms with Crippen LogP contribution in [0.4, 0.5) is 0 Å². The summed E-state index contributed by atoms with van der Waals surface area (Å²) in [5.41, 5.74) is 7.59. The van der Waals surface area contributed by atoms with Gasteiger partial charge in [-0.3, -0.25) is 0 Å². The van der Waals surface area contributed by atoms with Crippen LogP contribution in [0.25, 0.3) is 11.3 Å². The van der Waals surface area contributed by atoms with Crippen LogP contribution in [0.2, 0.25) is 0 Å². The lowest BCUT2D eigenvalue weighted by atomic mass is 10.1. The zero-order valence-corrected chi connectivity index (χ0v) is 9.17. The van der Waals surface area contributed by atoms with Crippen LogP contribution in [0.5, 0.6) is 0 Å². The molecule has 2 rings (SSSR count). The van der Waals surface area contributed by atoms with Crippen LogP contribution in [0.3, 0.4) is 0 Å². The Hall–Kier alpha value is -1.81. The van der Waals surface area contributed by atoms with Gasteiger partial charge in [0.25, 0.3) is 0 Å². The van der Waals surface area contributed by atoms with E-state index in [1.165, 1.54) is 0 Å². The third-order valence-electron chi connectivity index (χ3n) is 2.18. The Balaban J connectivity index is 2.29. The average Bonchev–Trinajstić information content (AvgIpc) is 2.30. The zero-order valence-electron chi connectivity index (χ0n) is 9.17. The smallest absolute Gasteiger partial charge is 0.153 e. The molecule has 1 aromatic heterocycles. The molecule has 4 heteroatoms. The van der Waals surface area contributed by atoms with Gasteiger partial charge in [0.05, 0.1) is 11.9 Å². The van der Waals surface area contributed by atoms with Crippen molar-refractivity contribution in [1.29, 1.82) is 0 Å². The quantitative estimate of drug-likeness (QED) is 0.839. The first-order chi connectivity index (χ1) is 7.75. The topological polar surface area (TPSA) is 64.7 Å². The van der Waals surface area contributed by atoms with Crippen LogP contribution in [-0.4, -0.2) is 21.2 Å². The van der Waals surface area contributed by atoms with E-state index >= 15 is 0 Å². The molecule has 1 atom stereocenters. The molecule has 0 fully saturated rings. The van der Waals surface area contributed by atoms with E-state index in [2.05, 4.69) is 15.2 Å². The highest BCUT2D eigenvalue weighted by molar-refractivity contribution is 5.57. The van der Waals surface area contributed by atoms with E-state index in [4.69, 9.17) is 5.73 Å². The Morgan fingerprint density at radius 3 is 2.69 bits per heavy atom. The molecule has 0 aliphatic carbocycles. The molecule has 2 N–H and O–H groups in total. The van der Waals surface area contributed by atoms with Crippen LogP contribution >= 0.6 is 0 Å². The van der Waals surface area contributed by atoms with Gasteiger partial charge in [-0.1, -0.05) is 30.3 Å². The summed E-state index contributed by atoms with van der Waals surface area (Å²) >= 11 is 0. The Bertz CT molecular complexity index is 454. The third kappa shape index (κ3) is 2.61. The van der Waals surface area contributed by atoms with E-state index in [0.29, 0.717) is 12.2 Å². The molecule has 4 nitrogen and oxygen atoms in total. The molecular weight excluding hydrogens is 200 g/mol. The standard InChI is InChI=1S/C12H14N4/c1-9(13)7-12-15-11(8-14-16-12)10-5-3-2-4-6-10/h2-6,8-9H,7,13H2,1H3. The number of rotatable bonds is 3. The van der Waals surface area contributed by atoms with Crippen molar-refractivity contribution < 1.29 is 0 Å². The van der Waals surface area contributed by atoms with Gasteiger partial charge in [0.2, 0.25) is 0 Å². The van der Waals surface area contributed by atoms with E-state index in [9.17, 15) is 0 Å². The number of benzene rings is 1. The van der Waals surface area contributed by atoms with Crippen molar-refractivity contribution in [2.45, 2.75) is 19.4 Å². The molecule has 1 unspecified atom stereocenters. The predicted molar refractivity (Wildman–Crippen MR) is 62.6 cm³/mol. The monoisotopic (exact) mass is 214 g/mol. The Labute approximate surface area is 94.6 Å². The van der Waals surface area contributed by atoms with E-state index in [0.717, 1.165) is 11.3 Å². The van der Waals surface area contributed by atoms with Crippen molar-refractivity contribution in [3.63, 3.8) is 0 Å². The van der Waals surface area contributed by atoms with Crippen LogP contribution in [0, 0.1) is 0 Å². The maximum Gasteiger partial charge on any atom is 0.153 e. The van der Waals surface area contributed by atoms with Gasteiger partial charge in [-0.2, -0.15) is 5.10 Å². The minimum Gasteiger partial charge on any atom is -0.328 e. The second-order valence-corrected chi connectivity index (χ2v) is 3.81. The maximum absolute atomic E-state index is 5.71. The molecule has 0 saturated carbocycles.